The van der Waals surface area contributed by atoms with Gasteiger partial charge in [-0.2, -0.15) is 0 Å². The standard InChI is InChI=1S/C14H18ClIN2/c1-9(15)13-17-11-7-10(16)5-6-12(11)18(13)8-14(2,3)4/h5-7,9H,8H2,1-4H3. The molecular weight excluding hydrogens is 359 g/mol. The maximum Gasteiger partial charge on any atom is 0.127 e. The van der Waals surface area contributed by atoms with Gasteiger partial charge in [-0.25, -0.2) is 4.98 Å². The summed E-state index contributed by atoms with van der Waals surface area (Å²) in [6.45, 7) is 9.60. The molecule has 0 radical (unpaired) electrons. The molecule has 1 heterocycles. The lowest BCUT2D eigenvalue weighted by Crippen LogP contribution is -2.17. The first-order valence-corrected chi connectivity index (χ1v) is 7.59. The topological polar surface area (TPSA) is 17.8 Å². The molecule has 0 bridgehead atoms. The van der Waals surface area contributed by atoms with Crippen molar-refractivity contribution in [3.05, 3.63) is 27.6 Å². The number of hydrogen-bond donors (Lipinski definition) is 0. The number of hydrogen-bond acceptors (Lipinski definition) is 1. The van der Waals surface area contributed by atoms with E-state index in [1.54, 1.807) is 0 Å². The number of halogens is 2. The average Bonchev–Trinajstić information content (AvgIpc) is 2.54. The van der Waals surface area contributed by atoms with E-state index in [1.165, 1.54) is 9.09 Å². The predicted molar refractivity (Wildman–Crippen MR) is 86.2 cm³/mol. The summed E-state index contributed by atoms with van der Waals surface area (Å²) in [6, 6.07) is 6.36. The normalized spacial score (nSPS) is 14.1. The van der Waals surface area contributed by atoms with E-state index in [1.807, 2.05) is 6.92 Å². The Balaban J connectivity index is 2.63. The number of benzene rings is 1. The minimum atomic E-state index is -0.0718. The van der Waals surface area contributed by atoms with Crippen LogP contribution in [0.25, 0.3) is 11.0 Å². The highest BCUT2D eigenvalue weighted by Gasteiger charge is 2.19. The van der Waals surface area contributed by atoms with Crippen LogP contribution in [-0.4, -0.2) is 9.55 Å². The second-order valence-electron chi connectivity index (χ2n) is 5.87. The van der Waals surface area contributed by atoms with Crippen LogP contribution in [0.15, 0.2) is 18.2 Å². The lowest BCUT2D eigenvalue weighted by molar-refractivity contribution is 0.343. The van der Waals surface area contributed by atoms with Crippen LogP contribution in [-0.2, 0) is 6.54 Å². The Labute approximate surface area is 127 Å². The minimum Gasteiger partial charge on any atom is -0.326 e. The molecular formula is C14H18ClIN2. The molecule has 0 aliphatic carbocycles. The van der Waals surface area contributed by atoms with Crippen LogP contribution >= 0.6 is 34.2 Å². The first kappa shape index (κ1) is 14.1. The molecule has 0 N–H and O–H groups in total. The molecule has 0 amide bonds. The van der Waals surface area contributed by atoms with Crippen molar-refractivity contribution in [1.82, 2.24) is 9.55 Å². The van der Waals surface area contributed by atoms with E-state index in [0.717, 1.165) is 17.9 Å². The Kier molecular flexibility index (Phi) is 3.93. The van der Waals surface area contributed by atoms with Crippen molar-refractivity contribution in [2.45, 2.75) is 39.6 Å². The van der Waals surface area contributed by atoms with Crippen molar-refractivity contribution in [1.29, 1.82) is 0 Å². The molecule has 98 valence electrons. The van der Waals surface area contributed by atoms with Gasteiger partial charge in [-0.3, -0.25) is 0 Å². The molecule has 1 unspecified atom stereocenters. The monoisotopic (exact) mass is 376 g/mol. The quantitative estimate of drug-likeness (QED) is 0.533. The van der Waals surface area contributed by atoms with Crippen molar-refractivity contribution in [2.24, 2.45) is 5.41 Å². The molecule has 1 aromatic heterocycles. The molecule has 2 nitrogen and oxygen atoms in total. The van der Waals surface area contributed by atoms with Crippen LogP contribution < -0.4 is 0 Å². The Bertz CT molecular complexity index is 567. The van der Waals surface area contributed by atoms with Gasteiger partial charge < -0.3 is 4.57 Å². The van der Waals surface area contributed by atoms with Gasteiger partial charge in [-0.1, -0.05) is 20.8 Å². The summed E-state index contributed by atoms with van der Waals surface area (Å²) in [6.07, 6.45) is 0. The van der Waals surface area contributed by atoms with Gasteiger partial charge in [0, 0.05) is 10.1 Å². The molecule has 2 rings (SSSR count). The van der Waals surface area contributed by atoms with E-state index in [-0.39, 0.29) is 10.8 Å². The van der Waals surface area contributed by atoms with Crippen LogP contribution in [0.3, 0.4) is 0 Å². The van der Waals surface area contributed by atoms with Crippen LogP contribution in [0.2, 0.25) is 0 Å². The highest BCUT2D eigenvalue weighted by atomic mass is 127. The van der Waals surface area contributed by atoms with Crippen molar-refractivity contribution >= 4 is 45.2 Å². The van der Waals surface area contributed by atoms with Gasteiger partial charge in [-0.15, -0.1) is 11.6 Å². The number of imidazole rings is 1. The Morgan fingerprint density at radius 2 is 2.06 bits per heavy atom. The molecule has 1 atom stereocenters. The second-order valence-corrected chi connectivity index (χ2v) is 7.77. The molecule has 0 fully saturated rings. The summed E-state index contributed by atoms with van der Waals surface area (Å²) in [5.74, 6) is 0.962. The number of fused-ring (bicyclic) bond motifs is 1. The van der Waals surface area contributed by atoms with Gasteiger partial charge in [0.25, 0.3) is 0 Å². The smallest absolute Gasteiger partial charge is 0.127 e. The largest absolute Gasteiger partial charge is 0.326 e. The Morgan fingerprint density at radius 1 is 1.39 bits per heavy atom. The summed E-state index contributed by atoms with van der Waals surface area (Å²) < 4.78 is 3.46. The fourth-order valence-electron chi connectivity index (χ4n) is 2.07. The lowest BCUT2D eigenvalue weighted by Gasteiger charge is -2.21. The molecule has 4 heteroatoms. The second kappa shape index (κ2) is 5.00. The number of aromatic nitrogens is 2. The van der Waals surface area contributed by atoms with E-state index in [9.17, 15) is 0 Å². The Morgan fingerprint density at radius 3 is 2.61 bits per heavy atom. The molecule has 1 aromatic carbocycles. The fourth-order valence-corrected chi connectivity index (χ4v) is 2.71. The van der Waals surface area contributed by atoms with Crippen molar-refractivity contribution < 1.29 is 0 Å². The first-order valence-electron chi connectivity index (χ1n) is 6.08. The Hall–Kier alpha value is -0.290. The lowest BCUT2D eigenvalue weighted by atomic mass is 9.96. The maximum atomic E-state index is 6.26. The van der Waals surface area contributed by atoms with Gasteiger partial charge in [0.1, 0.15) is 5.82 Å². The van der Waals surface area contributed by atoms with E-state index >= 15 is 0 Å². The van der Waals surface area contributed by atoms with Crippen molar-refractivity contribution in [3.63, 3.8) is 0 Å². The zero-order chi connectivity index (χ0) is 13.5. The zero-order valence-electron chi connectivity index (χ0n) is 11.2. The molecule has 18 heavy (non-hydrogen) atoms. The summed E-state index contributed by atoms with van der Waals surface area (Å²) in [4.78, 5) is 4.68. The third-order valence-electron chi connectivity index (χ3n) is 2.73. The third-order valence-corrected chi connectivity index (χ3v) is 3.59. The molecule has 0 aliphatic heterocycles. The molecule has 0 spiro atoms. The molecule has 0 aliphatic rings. The number of nitrogens with zero attached hydrogens (tertiary/aromatic N) is 2. The van der Waals surface area contributed by atoms with E-state index in [4.69, 9.17) is 11.6 Å². The summed E-state index contributed by atoms with van der Waals surface area (Å²) in [5.41, 5.74) is 2.42. The summed E-state index contributed by atoms with van der Waals surface area (Å²) in [7, 11) is 0. The maximum absolute atomic E-state index is 6.26. The molecule has 0 saturated heterocycles. The summed E-state index contributed by atoms with van der Waals surface area (Å²) >= 11 is 8.58. The van der Waals surface area contributed by atoms with Gasteiger partial charge in [0.15, 0.2) is 0 Å². The number of rotatable bonds is 2. The van der Waals surface area contributed by atoms with Gasteiger partial charge in [0.2, 0.25) is 0 Å². The van der Waals surface area contributed by atoms with Crippen LogP contribution in [0.5, 0.6) is 0 Å². The highest BCUT2D eigenvalue weighted by Crippen LogP contribution is 2.29. The SMILES string of the molecule is CC(Cl)c1nc2cc(I)ccc2n1CC(C)(C)C. The highest BCUT2D eigenvalue weighted by molar-refractivity contribution is 14.1. The first-order chi connectivity index (χ1) is 8.28. The third kappa shape index (κ3) is 2.99. The van der Waals surface area contributed by atoms with Crippen molar-refractivity contribution in [2.75, 3.05) is 0 Å². The van der Waals surface area contributed by atoms with Gasteiger partial charge >= 0.3 is 0 Å². The fraction of sp³-hybridized carbons (Fsp3) is 0.500. The molecule has 2 aromatic rings. The zero-order valence-corrected chi connectivity index (χ0v) is 14.1. The van der Waals surface area contributed by atoms with Crippen molar-refractivity contribution in [3.8, 4) is 0 Å². The van der Waals surface area contributed by atoms with Crippen LogP contribution in [0, 0.1) is 8.99 Å². The minimum absolute atomic E-state index is 0.0718. The number of alkyl halides is 1. The van der Waals surface area contributed by atoms with Crippen LogP contribution in [0.1, 0.15) is 38.9 Å². The van der Waals surface area contributed by atoms with Crippen LogP contribution in [0.4, 0.5) is 0 Å². The van der Waals surface area contributed by atoms with E-state index in [2.05, 4.69) is 71.1 Å². The van der Waals surface area contributed by atoms with E-state index in [0.29, 0.717) is 0 Å². The van der Waals surface area contributed by atoms with Gasteiger partial charge in [-0.05, 0) is 53.1 Å². The summed E-state index contributed by atoms with van der Waals surface area (Å²) in [5, 5.41) is -0.0718. The van der Waals surface area contributed by atoms with E-state index < -0.39 is 0 Å². The molecule has 0 saturated carbocycles. The van der Waals surface area contributed by atoms with Gasteiger partial charge in [0.05, 0.1) is 16.4 Å². The average molecular weight is 377 g/mol. The predicted octanol–water partition coefficient (Wildman–Crippen LogP) is 4.99.